The predicted octanol–water partition coefficient (Wildman–Crippen LogP) is 2.45. The van der Waals surface area contributed by atoms with Gasteiger partial charge in [0.1, 0.15) is 18.2 Å². The first kappa shape index (κ1) is 17.5. The Hall–Kier alpha value is -2.57. The minimum atomic E-state index is 0.0676. The van der Waals surface area contributed by atoms with E-state index < -0.39 is 0 Å². The average molecular weight is 375 g/mol. The van der Waals surface area contributed by atoms with Crippen LogP contribution in [0.2, 0.25) is 0 Å². The number of likely N-dealkylation sites (tertiary alicyclic amines) is 1. The van der Waals surface area contributed by atoms with E-state index in [9.17, 15) is 4.79 Å². The van der Waals surface area contributed by atoms with E-state index in [1.165, 1.54) is 18.4 Å². The number of fused-ring (bicyclic) bond motifs is 2. The summed E-state index contributed by atoms with van der Waals surface area (Å²) in [6.07, 6.45) is 8.78. The van der Waals surface area contributed by atoms with Crippen molar-refractivity contribution >= 4 is 23.1 Å². The number of ketones is 1. The second-order valence-corrected chi connectivity index (χ2v) is 8.09. The number of carbonyl (C=O) groups excluding carboxylic acids is 1. The molecule has 0 saturated carbocycles. The van der Waals surface area contributed by atoms with Gasteiger partial charge in [-0.1, -0.05) is 18.2 Å². The van der Waals surface area contributed by atoms with Crippen LogP contribution in [0.4, 0.5) is 5.69 Å². The van der Waals surface area contributed by atoms with E-state index in [1.54, 1.807) is 0 Å². The van der Waals surface area contributed by atoms with E-state index in [2.05, 4.69) is 52.1 Å². The number of rotatable bonds is 3. The first-order valence-corrected chi connectivity index (χ1v) is 9.96. The third-order valence-corrected chi connectivity index (χ3v) is 6.13. The van der Waals surface area contributed by atoms with E-state index >= 15 is 0 Å². The van der Waals surface area contributed by atoms with Gasteiger partial charge in [-0.2, -0.15) is 0 Å². The summed E-state index contributed by atoms with van der Waals surface area (Å²) in [6.45, 7) is 3.43. The second-order valence-electron chi connectivity index (χ2n) is 8.09. The molecule has 0 aliphatic carbocycles. The maximum absolute atomic E-state index is 12.3. The van der Waals surface area contributed by atoms with Crippen LogP contribution in [0.25, 0.3) is 0 Å². The zero-order chi connectivity index (χ0) is 19.3. The number of aliphatic imine (C=N–C) groups is 2. The van der Waals surface area contributed by atoms with Gasteiger partial charge in [-0.05, 0) is 57.7 Å². The van der Waals surface area contributed by atoms with Gasteiger partial charge in [0.2, 0.25) is 0 Å². The largest absolute Gasteiger partial charge is 0.306 e. The Morgan fingerprint density at radius 1 is 1.21 bits per heavy atom. The van der Waals surface area contributed by atoms with Crippen LogP contribution in [0.1, 0.15) is 28.8 Å². The number of piperidine rings is 1. The lowest BCUT2D eigenvalue weighted by Crippen LogP contribution is -2.43. The minimum absolute atomic E-state index is 0.0676. The molecule has 0 N–H and O–H groups in total. The van der Waals surface area contributed by atoms with Crippen molar-refractivity contribution in [2.45, 2.75) is 18.9 Å². The van der Waals surface area contributed by atoms with Crippen molar-refractivity contribution in [1.82, 2.24) is 14.7 Å². The fourth-order valence-corrected chi connectivity index (χ4v) is 4.48. The van der Waals surface area contributed by atoms with E-state index in [0.717, 1.165) is 48.1 Å². The third kappa shape index (κ3) is 2.93. The monoisotopic (exact) mass is 375 g/mol. The Labute approximate surface area is 165 Å². The summed E-state index contributed by atoms with van der Waals surface area (Å²) < 4.78 is 0. The Morgan fingerprint density at radius 3 is 2.86 bits per heavy atom. The first-order chi connectivity index (χ1) is 13.6. The van der Waals surface area contributed by atoms with Crippen molar-refractivity contribution in [2.75, 3.05) is 40.3 Å². The molecule has 0 radical (unpaired) electrons. The molecule has 4 aliphatic heterocycles. The van der Waals surface area contributed by atoms with Crippen molar-refractivity contribution < 1.29 is 4.79 Å². The number of carbonyl (C=O) groups is 1. The van der Waals surface area contributed by atoms with Crippen molar-refractivity contribution in [3.8, 4) is 0 Å². The highest BCUT2D eigenvalue weighted by molar-refractivity contribution is 6.25. The summed E-state index contributed by atoms with van der Waals surface area (Å²) in [7, 11) is 4.41. The summed E-state index contributed by atoms with van der Waals surface area (Å²) in [6, 6.07) is 6.37. The van der Waals surface area contributed by atoms with Crippen LogP contribution in [-0.4, -0.2) is 78.5 Å². The van der Waals surface area contributed by atoms with Gasteiger partial charge in [0.15, 0.2) is 5.78 Å². The lowest BCUT2D eigenvalue weighted by atomic mass is 9.95. The molecule has 0 aromatic heterocycles. The van der Waals surface area contributed by atoms with E-state index in [0.29, 0.717) is 6.04 Å². The van der Waals surface area contributed by atoms with E-state index in [-0.39, 0.29) is 12.3 Å². The molecule has 4 aliphatic rings. The molecule has 28 heavy (non-hydrogen) atoms. The lowest BCUT2D eigenvalue weighted by Gasteiger charge is -2.36. The topological polar surface area (TPSA) is 51.5 Å². The number of benzene rings is 1. The molecule has 6 nitrogen and oxygen atoms in total. The van der Waals surface area contributed by atoms with Crippen molar-refractivity contribution in [3.63, 3.8) is 0 Å². The molecule has 0 spiro atoms. The number of hydrogen-bond donors (Lipinski definition) is 0. The first-order valence-electron chi connectivity index (χ1n) is 9.96. The Bertz CT molecular complexity index is 950. The molecule has 5 rings (SSSR count). The van der Waals surface area contributed by atoms with Gasteiger partial charge in [0.25, 0.3) is 0 Å². The second kappa shape index (κ2) is 6.79. The Balaban J connectivity index is 1.41. The molecule has 0 amide bonds. The fourth-order valence-electron chi connectivity index (χ4n) is 4.48. The van der Waals surface area contributed by atoms with Crippen molar-refractivity contribution in [2.24, 2.45) is 9.98 Å². The van der Waals surface area contributed by atoms with Gasteiger partial charge >= 0.3 is 0 Å². The van der Waals surface area contributed by atoms with Crippen LogP contribution >= 0.6 is 0 Å². The number of nitrogens with zero attached hydrogens (tertiary/aromatic N) is 5. The highest BCUT2D eigenvalue weighted by atomic mass is 16.1. The van der Waals surface area contributed by atoms with Gasteiger partial charge in [-0.15, -0.1) is 0 Å². The van der Waals surface area contributed by atoms with Crippen molar-refractivity contribution in [1.29, 1.82) is 0 Å². The molecule has 0 atom stereocenters. The number of Topliss-reactive ketones (excluding diaryl/α,β-unsaturated/α-hetero) is 1. The van der Waals surface area contributed by atoms with Crippen LogP contribution < -0.4 is 0 Å². The summed E-state index contributed by atoms with van der Waals surface area (Å²) in [5.74, 6) is 1.78. The molecule has 1 fully saturated rings. The molecule has 6 heteroatoms. The third-order valence-electron chi connectivity index (χ3n) is 6.13. The molecular formula is C22H25N5O. The lowest BCUT2D eigenvalue weighted by molar-refractivity contribution is 0.0999. The number of hydrogen-bond acceptors (Lipinski definition) is 6. The molecule has 144 valence electrons. The minimum Gasteiger partial charge on any atom is -0.306 e. The standard InChI is InChI=1S/C22H25N5O/c1-25-10-8-16(9-11-25)26(2)13-15-6-7-20-24-18-5-3-4-17-19(28)12-23-22(21(17)18)27(20)14-15/h3-7,14,16H,8-13H2,1-2H3. The molecule has 1 aromatic rings. The molecule has 4 heterocycles. The zero-order valence-electron chi connectivity index (χ0n) is 16.4. The Kier molecular flexibility index (Phi) is 4.25. The summed E-state index contributed by atoms with van der Waals surface area (Å²) in [4.78, 5) is 28.5. The highest BCUT2D eigenvalue weighted by Gasteiger charge is 2.32. The van der Waals surface area contributed by atoms with Gasteiger partial charge in [0.05, 0.1) is 11.3 Å². The van der Waals surface area contributed by atoms with Crippen LogP contribution in [0.5, 0.6) is 0 Å². The number of amidine groups is 2. The average Bonchev–Trinajstić information content (AvgIpc) is 2.71. The maximum atomic E-state index is 12.3. The molecule has 0 bridgehead atoms. The Morgan fingerprint density at radius 2 is 2.04 bits per heavy atom. The zero-order valence-corrected chi connectivity index (χ0v) is 16.4. The maximum Gasteiger partial charge on any atom is 0.185 e. The molecule has 1 aromatic carbocycles. The number of likely N-dealkylation sites (N-methyl/N-ethyl adjacent to an activating group) is 1. The predicted molar refractivity (Wildman–Crippen MR) is 111 cm³/mol. The summed E-state index contributed by atoms with van der Waals surface area (Å²) >= 11 is 0. The van der Waals surface area contributed by atoms with Gasteiger partial charge in [-0.3, -0.25) is 19.6 Å². The smallest absolute Gasteiger partial charge is 0.185 e. The van der Waals surface area contributed by atoms with Crippen LogP contribution in [-0.2, 0) is 0 Å². The van der Waals surface area contributed by atoms with Crippen molar-refractivity contribution in [3.05, 3.63) is 53.3 Å². The van der Waals surface area contributed by atoms with Crippen LogP contribution in [0, 0.1) is 0 Å². The SMILES string of the molecule is CN1CCC(N(C)CC2=CN3C(=Nc4cccc5c4C3=NCC5=O)C=C2)CC1. The molecular weight excluding hydrogens is 350 g/mol. The highest BCUT2D eigenvalue weighted by Crippen LogP contribution is 2.34. The van der Waals surface area contributed by atoms with Gasteiger partial charge < -0.3 is 4.90 Å². The van der Waals surface area contributed by atoms with Gasteiger partial charge in [-0.25, -0.2) is 4.99 Å². The summed E-state index contributed by atoms with van der Waals surface area (Å²) in [5, 5.41) is 0. The molecule has 0 unspecified atom stereocenters. The summed E-state index contributed by atoms with van der Waals surface area (Å²) in [5.41, 5.74) is 3.68. The molecule has 1 saturated heterocycles. The normalized spacial score (nSPS) is 21.9. The van der Waals surface area contributed by atoms with Crippen LogP contribution in [0.3, 0.4) is 0 Å². The quantitative estimate of drug-likeness (QED) is 0.814. The van der Waals surface area contributed by atoms with Crippen LogP contribution in [0.15, 0.2) is 52.1 Å². The fraction of sp³-hybridized carbons (Fsp3) is 0.409. The van der Waals surface area contributed by atoms with E-state index in [1.807, 2.05) is 18.2 Å². The van der Waals surface area contributed by atoms with Gasteiger partial charge in [0, 0.05) is 24.4 Å². The van der Waals surface area contributed by atoms with E-state index in [4.69, 9.17) is 4.99 Å².